The Bertz CT molecular complexity index is 1140. The van der Waals surface area contributed by atoms with E-state index in [1.165, 1.54) is 43.5 Å². The van der Waals surface area contributed by atoms with Gasteiger partial charge in [-0.25, -0.2) is 9.67 Å². The first kappa shape index (κ1) is 22.2. The van der Waals surface area contributed by atoms with E-state index in [1.54, 1.807) is 4.68 Å². The number of aryl methyl sites for hydroxylation is 1. The molecule has 0 aliphatic rings. The Morgan fingerprint density at radius 1 is 1.29 bits per heavy atom. The molecule has 3 aromatic rings. The first-order chi connectivity index (χ1) is 14.5. The van der Waals surface area contributed by atoms with Gasteiger partial charge in [-0.1, -0.05) is 18.2 Å². The van der Waals surface area contributed by atoms with Gasteiger partial charge in [0.05, 0.1) is 28.9 Å². The summed E-state index contributed by atoms with van der Waals surface area (Å²) in [7, 11) is 0. The van der Waals surface area contributed by atoms with Crippen LogP contribution in [0, 0.1) is 17.0 Å². The first-order valence-corrected chi connectivity index (χ1v) is 9.41. The maximum Gasteiger partial charge on any atom is 0.406 e. The predicted octanol–water partition coefficient (Wildman–Crippen LogP) is 4.43. The Labute approximate surface area is 175 Å². The predicted molar refractivity (Wildman–Crippen MR) is 107 cm³/mol. The Morgan fingerprint density at radius 2 is 1.97 bits per heavy atom. The lowest BCUT2D eigenvalue weighted by Gasteiger charge is -2.24. The zero-order valence-electron chi connectivity index (χ0n) is 17.1. The summed E-state index contributed by atoms with van der Waals surface area (Å²) in [5.41, 5.74) is 0.397. The molecule has 2 aromatic heterocycles. The number of alkyl halides is 3. The Morgan fingerprint density at radius 3 is 2.58 bits per heavy atom. The third-order valence-electron chi connectivity index (χ3n) is 4.69. The molecule has 0 spiro atoms. The van der Waals surface area contributed by atoms with E-state index < -0.39 is 30.1 Å². The molecular weight excluding hydrogens is 415 g/mol. The Balaban J connectivity index is 2.03. The largest absolute Gasteiger partial charge is 0.406 e. The number of nitro benzene ring substituents is 1. The summed E-state index contributed by atoms with van der Waals surface area (Å²) in [5.74, 6) is -0.917. The number of nitro groups is 1. The number of amides is 1. The fourth-order valence-electron chi connectivity index (χ4n) is 3.27. The van der Waals surface area contributed by atoms with E-state index in [0.717, 1.165) is 0 Å². The number of benzene rings is 1. The fourth-order valence-corrected chi connectivity index (χ4v) is 3.27. The van der Waals surface area contributed by atoms with Crippen molar-refractivity contribution in [1.82, 2.24) is 19.7 Å². The second-order valence-electron chi connectivity index (χ2n) is 7.38. The van der Waals surface area contributed by atoms with Crippen molar-refractivity contribution in [2.45, 2.75) is 39.5 Å². The Hall–Kier alpha value is -3.50. The van der Waals surface area contributed by atoms with Gasteiger partial charge in [0.15, 0.2) is 5.65 Å². The molecule has 2 heterocycles. The number of para-hydroxylation sites is 1. The molecule has 0 aliphatic heterocycles. The van der Waals surface area contributed by atoms with Gasteiger partial charge in [-0.05, 0) is 26.8 Å². The maximum absolute atomic E-state index is 13.2. The minimum Gasteiger partial charge on any atom is -0.325 e. The average molecular weight is 435 g/mol. The normalized spacial score (nSPS) is 11.8. The van der Waals surface area contributed by atoms with Gasteiger partial charge in [0.1, 0.15) is 6.54 Å². The van der Waals surface area contributed by atoms with Crippen LogP contribution in [0.1, 0.15) is 41.5 Å². The van der Waals surface area contributed by atoms with Crippen LogP contribution in [0.25, 0.3) is 11.0 Å². The minimum atomic E-state index is -4.69. The van der Waals surface area contributed by atoms with E-state index in [4.69, 9.17) is 0 Å². The van der Waals surface area contributed by atoms with E-state index in [0.29, 0.717) is 15.9 Å². The van der Waals surface area contributed by atoms with Crippen LogP contribution >= 0.6 is 0 Å². The van der Waals surface area contributed by atoms with Crippen LogP contribution in [-0.4, -0.2) is 43.2 Å². The molecule has 11 heteroatoms. The number of rotatable bonds is 6. The zero-order valence-corrected chi connectivity index (χ0v) is 17.1. The van der Waals surface area contributed by atoms with Crippen molar-refractivity contribution in [1.29, 1.82) is 0 Å². The summed E-state index contributed by atoms with van der Waals surface area (Å²) in [5, 5.41) is 16.0. The monoisotopic (exact) mass is 435 g/mol. The molecule has 0 aliphatic carbocycles. The zero-order chi connectivity index (χ0) is 22.9. The molecule has 0 atom stereocenters. The van der Waals surface area contributed by atoms with Crippen molar-refractivity contribution in [2.75, 3.05) is 6.54 Å². The fraction of sp³-hybridized carbons (Fsp3) is 0.350. The van der Waals surface area contributed by atoms with Gasteiger partial charge in [-0.3, -0.25) is 14.9 Å². The summed E-state index contributed by atoms with van der Waals surface area (Å²) >= 11 is 0. The van der Waals surface area contributed by atoms with Gasteiger partial charge in [0.2, 0.25) is 0 Å². The van der Waals surface area contributed by atoms with E-state index >= 15 is 0 Å². The molecule has 31 heavy (non-hydrogen) atoms. The lowest BCUT2D eigenvalue weighted by molar-refractivity contribution is -0.385. The van der Waals surface area contributed by atoms with Gasteiger partial charge in [0.25, 0.3) is 11.6 Å². The highest BCUT2D eigenvalue weighted by Gasteiger charge is 2.35. The van der Waals surface area contributed by atoms with Gasteiger partial charge in [-0.15, -0.1) is 0 Å². The summed E-state index contributed by atoms with van der Waals surface area (Å²) in [6, 6.07) is 6.85. The molecule has 1 aromatic carbocycles. The summed E-state index contributed by atoms with van der Waals surface area (Å²) < 4.78 is 41.3. The van der Waals surface area contributed by atoms with Crippen molar-refractivity contribution in [2.24, 2.45) is 0 Å². The second-order valence-corrected chi connectivity index (χ2v) is 7.38. The minimum absolute atomic E-state index is 0.00409. The highest BCUT2D eigenvalue weighted by Crippen LogP contribution is 2.26. The van der Waals surface area contributed by atoms with Crippen LogP contribution in [0.15, 0.2) is 36.5 Å². The maximum atomic E-state index is 13.2. The van der Waals surface area contributed by atoms with Crippen molar-refractivity contribution in [3.05, 3.63) is 63.5 Å². The number of hydrogen-bond acceptors (Lipinski definition) is 5. The number of aromatic nitrogens is 3. The van der Waals surface area contributed by atoms with Gasteiger partial charge < -0.3 is 4.90 Å². The van der Waals surface area contributed by atoms with Gasteiger partial charge >= 0.3 is 6.18 Å². The third-order valence-corrected chi connectivity index (χ3v) is 4.69. The molecule has 1 amide bonds. The number of nitrogens with zero attached hydrogens (tertiary/aromatic N) is 5. The van der Waals surface area contributed by atoms with Crippen LogP contribution in [-0.2, 0) is 6.54 Å². The van der Waals surface area contributed by atoms with Crippen molar-refractivity contribution < 1.29 is 22.9 Å². The molecule has 8 nitrogen and oxygen atoms in total. The van der Waals surface area contributed by atoms with E-state index in [-0.39, 0.29) is 28.6 Å². The highest BCUT2D eigenvalue weighted by molar-refractivity contribution is 5.98. The molecule has 0 saturated heterocycles. The van der Waals surface area contributed by atoms with Crippen LogP contribution in [0.2, 0.25) is 0 Å². The summed E-state index contributed by atoms with van der Waals surface area (Å²) in [6.45, 7) is 3.21. The van der Waals surface area contributed by atoms with Crippen LogP contribution in [0.5, 0.6) is 0 Å². The van der Waals surface area contributed by atoms with Crippen LogP contribution in [0.4, 0.5) is 18.9 Å². The van der Waals surface area contributed by atoms with E-state index in [2.05, 4.69) is 10.1 Å². The topological polar surface area (TPSA) is 94.2 Å². The number of fused-ring (bicyclic) bond motifs is 1. The van der Waals surface area contributed by atoms with Crippen LogP contribution < -0.4 is 0 Å². The molecule has 0 saturated carbocycles. The molecule has 0 unspecified atom stereocenters. The SMILES string of the molecule is Cc1nc2c(cnn2C(C)C)cc1C(=O)N(Cc1ccccc1[N+](=O)[O-])CC(F)(F)F. The standard InChI is InChI=1S/C20H20F3N5O3/c1-12(2)27-18-15(9-24-27)8-16(13(3)25-18)19(29)26(11-20(21,22)23)10-14-6-4-5-7-17(14)28(30)31/h4-9,12H,10-11H2,1-3H3. The number of halogens is 3. The smallest absolute Gasteiger partial charge is 0.325 e. The first-order valence-electron chi connectivity index (χ1n) is 9.41. The number of pyridine rings is 1. The third kappa shape index (κ3) is 4.81. The second kappa shape index (κ2) is 8.32. The molecule has 0 bridgehead atoms. The number of hydrogen-bond donors (Lipinski definition) is 0. The van der Waals surface area contributed by atoms with Crippen LogP contribution in [0.3, 0.4) is 0 Å². The van der Waals surface area contributed by atoms with E-state index in [9.17, 15) is 28.1 Å². The average Bonchev–Trinajstić information content (AvgIpc) is 3.08. The highest BCUT2D eigenvalue weighted by atomic mass is 19.4. The number of carbonyl (C=O) groups excluding carboxylic acids is 1. The Kier molecular flexibility index (Phi) is 5.96. The van der Waals surface area contributed by atoms with Crippen molar-refractivity contribution in [3.63, 3.8) is 0 Å². The summed E-state index contributed by atoms with van der Waals surface area (Å²) in [4.78, 5) is 28.6. The lowest BCUT2D eigenvalue weighted by atomic mass is 10.1. The van der Waals surface area contributed by atoms with Gasteiger partial charge in [-0.2, -0.15) is 18.3 Å². The van der Waals surface area contributed by atoms with Crippen molar-refractivity contribution >= 4 is 22.6 Å². The molecule has 3 rings (SSSR count). The quantitative estimate of drug-likeness (QED) is 0.422. The molecule has 0 N–H and O–H groups in total. The van der Waals surface area contributed by atoms with E-state index in [1.807, 2.05) is 13.8 Å². The van der Waals surface area contributed by atoms with Gasteiger partial charge in [0, 0.05) is 23.1 Å². The lowest BCUT2D eigenvalue weighted by Crippen LogP contribution is -2.39. The molecule has 164 valence electrons. The molecule has 0 fully saturated rings. The summed E-state index contributed by atoms with van der Waals surface area (Å²) in [6.07, 6.45) is -3.19. The molecular formula is C20H20F3N5O3. The van der Waals surface area contributed by atoms with Crippen molar-refractivity contribution in [3.8, 4) is 0 Å². The molecule has 0 radical (unpaired) electrons. The number of carbonyl (C=O) groups is 1.